The number of fused-ring (bicyclic) bond motifs is 1. The normalized spacial score (nSPS) is 15.3. The van der Waals surface area contributed by atoms with Crippen molar-refractivity contribution in [2.45, 2.75) is 27.3 Å². The first-order valence-electron chi connectivity index (χ1n) is 9.52. The van der Waals surface area contributed by atoms with Crippen LogP contribution in [0.3, 0.4) is 0 Å². The molecule has 1 aromatic heterocycles. The summed E-state index contributed by atoms with van der Waals surface area (Å²) < 4.78 is 15.0. The van der Waals surface area contributed by atoms with Gasteiger partial charge in [-0.3, -0.25) is 9.56 Å². The molecule has 1 aliphatic heterocycles. The molecule has 0 bridgehead atoms. The number of benzene rings is 2. The molecule has 0 saturated heterocycles. The average Bonchev–Trinajstić information content (AvgIpc) is 3.15. The predicted molar refractivity (Wildman–Crippen MR) is 118 cm³/mol. The topological polar surface area (TPSA) is 49.9 Å². The zero-order valence-corrected chi connectivity index (χ0v) is 17.4. The highest BCUT2D eigenvalue weighted by Gasteiger charge is 2.19. The van der Waals surface area contributed by atoms with E-state index in [-0.39, 0.29) is 11.7 Å². The van der Waals surface area contributed by atoms with Crippen LogP contribution < -0.4 is 4.80 Å². The molecular weight excluding hydrogens is 385 g/mol. The van der Waals surface area contributed by atoms with Crippen molar-refractivity contribution in [3.05, 3.63) is 69.6 Å². The summed E-state index contributed by atoms with van der Waals surface area (Å²) in [5, 5.41) is 10.9. The molecule has 1 aliphatic rings. The van der Waals surface area contributed by atoms with Crippen LogP contribution in [0.15, 0.2) is 58.5 Å². The predicted octanol–water partition coefficient (Wildman–Crippen LogP) is 5.93. The molecule has 29 heavy (non-hydrogen) atoms. The molecule has 0 amide bonds. The van der Waals surface area contributed by atoms with Gasteiger partial charge in [-0.1, -0.05) is 43.4 Å². The standard InChI is InChI=1S/C23H22FN3OS/c1-14(2)13-27-22(28)21(29-23(27)26-17-10-8-16(24)9-11-17)12-19-15(3)25-20-7-5-4-6-18(19)20/h4-12,14,28H,13H2,1-3H3/b19-12+,26-23?. The number of aromatic nitrogens is 1. The minimum atomic E-state index is -0.298. The molecule has 0 radical (unpaired) electrons. The van der Waals surface area contributed by atoms with Gasteiger partial charge in [-0.25, -0.2) is 9.38 Å². The lowest BCUT2D eigenvalue weighted by Crippen LogP contribution is -2.17. The summed E-state index contributed by atoms with van der Waals surface area (Å²) in [6.45, 7) is 6.79. The average molecular weight is 408 g/mol. The van der Waals surface area contributed by atoms with Crippen LogP contribution in [0.5, 0.6) is 5.88 Å². The SMILES string of the molecule is CC1=Nc2ccccc2/C1=C/c1sc(=Nc2ccc(F)cc2)n(CC(C)C)c1O. The van der Waals surface area contributed by atoms with Gasteiger partial charge in [0.05, 0.1) is 16.3 Å². The van der Waals surface area contributed by atoms with Crippen molar-refractivity contribution in [1.29, 1.82) is 0 Å². The van der Waals surface area contributed by atoms with Crippen LogP contribution in [0.2, 0.25) is 0 Å². The molecule has 0 fully saturated rings. The van der Waals surface area contributed by atoms with E-state index in [0.717, 1.165) is 27.4 Å². The summed E-state index contributed by atoms with van der Waals surface area (Å²) in [4.78, 5) is 10.7. The number of para-hydroxylation sites is 1. The maximum Gasteiger partial charge on any atom is 0.211 e. The van der Waals surface area contributed by atoms with Crippen LogP contribution in [0.25, 0.3) is 11.6 Å². The van der Waals surface area contributed by atoms with Gasteiger partial charge in [0.1, 0.15) is 5.82 Å². The van der Waals surface area contributed by atoms with E-state index >= 15 is 0 Å². The Morgan fingerprint density at radius 3 is 2.62 bits per heavy atom. The Balaban J connectivity index is 1.84. The second kappa shape index (κ2) is 7.79. The Morgan fingerprint density at radius 2 is 1.90 bits per heavy atom. The number of hydrogen-bond donors (Lipinski definition) is 1. The van der Waals surface area contributed by atoms with E-state index in [2.05, 4.69) is 23.8 Å². The number of nitrogens with zero attached hydrogens (tertiary/aromatic N) is 3. The van der Waals surface area contributed by atoms with Crippen LogP contribution in [-0.2, 0) is 6.54 Å². The molecule has 148 valence electrons. The number of hydrogen-bond acceptors (Lipinski definition) is 4. The van der Waals surface area contributed by atoms with Crippen LogP contribution in [0, 0.1) is 11.7 Å². The molecule has 1 N–H and O–H groups in total. The molecule has 0 saturated carbocycles. The number of thiazole rings is 1. The summed E-state index contributed by atoms with van der Waals surface area (Å²) in [5.41, 5.74) is 4.57. The largest absolute Gasteiger partial charge is 0.493 e. The van der Waals surface area contributed by atoms with Gasteiger partial charge in [0.2, 0.25) is 5.88 Å². The van der Waals surface area contributed by atoms with Crippen LogP contribution in [-0.4, -0.2) is 15.4 Å². The number of allylic oxidation sites excluding steroid dienone is 1. The van der Waals surface area contributed by atoms with Gasteiger partial charge in [-0.05, 0) is 49.2 Å². The van der Waals surface area contributed by atoms with Gasteiger partial charge < -0.3 is 5.11 Å². The third kappa shape index (κ3) is 3.93. The van der Waals surface area contributed by atoms with Gasteiger partial charge in [0.25, 0.3) is 0 Å². The van der Waals surface area contributed by atoms with Crippen molar-refractivity contribution in [1.82, 2.24) is 4.57 Å². The Hall–Kier alpha value is -2.99. The molecule has 2 aromatic carbocycles. The van der Waals surface area contributed by atoms with Crippen molar-refractivity contribution in [2.75, 3.05) is 0 Å². The first-order chi connectivity index (χ1) is 13.9. The van der Waals surface area contributed by atoms with E-state index in [4.69, 9.17) is 0 Å². The van der Waals surface area contributed by atoms with Crippen LogP contribution in [0.1, 0.15) is 31.2 Å². The van der Waals surface area contributed by atoms with Crippen LogP contribution in [0.4, 0.5) is 15.8 Å². The number of aliphatic imine (C=N–C) groups is 1. The molecule has 0 spiro atoms. The maximum atomic E-state index is 13.2. The minimum absolute atomic E-state index is 0.189. The Kier molecular flexibility index (Phi) is 5.20. The van der Waals surface area contributed by atoms with E-state index in [0.29, 0.717) is 23.0 Å². The van der Waals surface area contributed by atoms with Crippen molar-refractivity contribution in [3.8, 4) is 5.88 Å². The van der Waals surface area contributed by atoms with Gasteiger partial charge in [-0.15, -0.1) is 0 Å². The molecule has 0 unspecified atom stereocenters. The summed E-state index contributed by atoms with van der Waals surface area (Å²) in [5.74, 6) is 0.223. The van der Waals surface area contributed by atoms with Crippen molar-refractivity contribution >= 4 is 40.1 Å². The molecule has 4 rings (SSSR count). The van der Waals surface area contributed by atoms with E-state index < -0.39 is 0 Å². The second-order valence-electron chi connectivity index (χ2n) is 7.44. The van der Waals surface area contributed by atoms with E-state index in [1.807, 2.05) is 41.8 Å². The summed E-state index contributed by atoms with van der Waals surface area (Å²) in [6.07, 6.45) is 1.98. The zero-order chi connectivity index (χ0) is 20.5. The summed E-state index contributed by atoms with van der Waals surface area (Å²) >= 11 is 1.41. The fraction of sp³-hybridized carbons (Fsp3) is 0.217. The number of aromatic hydroxyl groups is 1. The molecule has 6 heteroatoms. The fourth-order valence-corrected chi connectivity index (χ4v) is 4.30. The first kappa shape index (κ1) is 19.3. The summed E-state index contributed by atoms with van der Waals surface area (Å²) in [7, 11) is 0. The van der Waals surface area contributed by atoms with E-state index in [1.54, 1.807) is 12.1 Å². The maximum absolute atomic E-state index is 13.2. The number of halogens is 1. The van der Waals surface area contributed by atoms with Crippen molar-refractivity contribution in [3.63, 3.8) is 0 Å². The Morgan fingerprint density at radius 1 is 1.17 bits per heavy atom. The first-order valence-corrected chi connectivity index (χ1v) is 10.3. The minimum Gasteiger partial charge on any atom is -0.493 e. The lowest BCUT2D eigenvalue weighted by molar-refractivity contribution is 0.387. The third-order valence-corrected chi connectivity index (χ3v) is 5.67. The van der Waals surface area contributed by atoms with E-state index in [1.165, 1.54) is 23.5 Å². The molecule has 2 heterocycles. The summed E-state index contributed by atoms with van der Waals surface area (Å²) in [6, 6.07) is 14.0. The molecule has 4 nitrogen and oxygen atoms in total. The molecule has 0 atom stereocenters. The van der Waals surface area contributed by atoms with Crippen molar-refractivity contribution < 1.29 is 9.50 Å². The highest BCUT2D eigenvalue weighted by molar-refractivity contribution is 7.10. The van der Waals surface area contributed by atoms with Crippen LogP contribution >= 0.6 is 11.3 Å². The Bertz CT molecular complexity index is 1180. The lowest BCUT2D eigenvalue weighted by atomic mass is 10.0. The fourth-order valence-electron chi connectivity index (χ4n) is 3.30. The molecule has 0 aliphatic carbocycles. The van der Waals surface area contributed by atoms with Gasteiger partial charge in [-0.2, -0.15) is 0 Å². The second-order valence-corrected chi connectivity index (χ2v) is 8.45. The van der Waals surface area contributed by atoms with Gasteiger partial charge in [0.15, 0.2) is 4.80 Å². The quantitative estimate of drug-likeness (QED) is 0.573. The molecule has 3 aromatic rings. The smallest absolute Gasteiger partial charge is 0.211 e. The molecular formula is C23H22FN3OS. The van der Waals surface area contributed by atoms with Crippen molar-refractivity contribution in [2.24, 2.45) is 15.9 Å². The zero-order valence-electron chi connectivity index (χ0n) is 16.6. The third-order valence-electron chi connectivity index (χ3n) is 4.65. The van der Waals surface area contributed by atoms with Gasteiger partial charge in [0, 0.05) is 23.4 Å². The highest BCUT2D eigenvalue weighted by Crippen LogP contribution is 2.37. The van der Waals surface area contributed by atoms with E-state index in [9.17, 15) is 9.50 Å². The monoisotopic (exact) mass is 407 g/mol. The highest BCUT2D eigenvalue weighted by atomic mass is 32.1. The lowest BCUT2D eigenvalue weighted by Gasteiger charge is -2.08. The van der Waals surface area contributed by atoms with Gasteiger partial charge >= 0.3 is 0 Å². The Labute approximate surface area is 173 Å². The number of rotatable bonds is 4.